The number of anilines is 2. The van der Waals surface area contributed by atoms with Crippen LogP contribution in [0.15, 0.2) is 53.9 Å². The molecule has 2 aromatic carbocycles. The van der Waals surface area contributed by atoms with Crippen LogP contribution in [0.1, 0.15) is 11.9 Å². The average molecular weight is 468 g/mol. The SMILES string of the molecule is CC(=O)Nc1cccc(NC(=O)CN2CCN(Cc3nc(-c4ccc(F)cc4)cs3)CC2)c1. The van der Waals surface area contributed by atoms with Crippen molar-refractivity contribution in [2.45, 2.75) is 13.5 Å². The highest BCUT2D eigenvalue weighted by Gasteiger charge is 2.20. The van der Waals surface area contributed by atoms with Crippen LogP contribution in [0.4, 0.5) is 15.8 Å². The highest BCUT2D eigenvalue weighted by atomic mass is 32.1. The largest absolute Gasteiger partial charge is 0.326 e. The predicted molar refractivity (Wildman–Crippen MR) is 129 cm³/mol. The van der Waals surface area contributed by atoms with Gasteiger partial charge in [-0.05, 0) is 42.5 Å². The lowest BCUT2D eigenvalue weighted by molar-refractivity contribution is -0.117. The smallest absolute Gasteiger partial charge is 0.238 e. The van der Waals surface area contributed by atoms with E-state index in [2.05, 4.69) is 20.4 Å². The number of hydrogen-bond acceptors (Lipinski definition) is 6. The van der Waals surface area contributed by atoms with E-state index in [-0.39, 0.29) is 17.6 Å². The summed E-state index contributed by atoms with van der Waals surface area (Å²) in [7, 11) is 0. The predicted octanol–water partition coefficient (Wildman–Crippen LogP) is 3.66. The summed E-state index contributed by atoms with van der Waals surface area (Å²) in [6.07, 6.45) is 0. The van der Waals surface area contributed by atoms with Gasteiger partial charge in [-0.15, -0.1) is 11.3 Å². The summed E-state index contributed by atoms with van der Waals surface area (Å²) in [5, 5.41) is 8.64. The zero-order valence-electron chi connectivity index (χ0n) is 18.4. The Bertz CT molecular complexity index is 1110. The molecule has 1 aliphatic rings. The third-order valence-electron chi connectivity index (χ3n) is 5.35. The molecule has 0 atom stereocenters. The molecular weight excluding hydrogens is 441 g/mol. The van der Waals surface area contributed by atoms with Gasteiger partial charge in [-0.3, -0.25) is 19.4 Å². The second-order valence-corrected chi connectivity index (χ2v) is 8.94. The first-order valence-electron chi connectivity index (χ1n) is 10.8. The molecule has 0 bridgehead atoms. The zero-order valence-corrected chi connectivity index (χ0v) is 19.2. The lowest BCUT2D eigenvalue weighted by Crippen LogP contribution is -2.48. The van der Waals surface area contributed by atoms with E-state index in [0.29, 0.717) is 17.9 Å². The van der Waals surface area contributed by atoms with E-state index < -0.39 is 0 Å². The van der Waals surface area contributed by atoms with Crippen LogP contribution in [0, 0.1) is 5.82 Å². The monoisotopic (exact) mass is 467 g/mol. The molecule has 2 N–H and O–H groups in total. The summed E-state index contributed by atoms with van der Waals surface area (Å²) >= 11 is 1.61. The van der Waals surface area contributed by atoms with E-state index in [1.165, 1.54) is 19.1 Å². The summed E-state index contributed by atoms with van der Waals surface area (Å²) < 4.78 is 13.1. The Kier molecular flexibility index (Phi) is 7.43. The molecule has 4 rings (SSSR count). The average Bonchev–Trinajstić information content (AvgIpc) is 3.24. The molecule has 9 heteroatoms. The normalized spacial score (nSPS) is 14.7. The maximum atomic E-state index is 13.1. The van der Waals surface area contributed by atoms with E-state index in [9.17, 15) is 14.0 Å². The molecule has 2 heterocycles. The number of nitrogens with zero attached hydrogens (tertiary/aromatic N) is 3. The van der Waals surface area contributed by atoms with Gasteiger partial charge in [0.05, 0.1) is 18.8 Å². The van der Waals surface area contributed by atoms with Crippen LogP contribution in [-0.2, 0) is 16.1 Å². The summed E-state index contributed by atoms with van der Waals surface area (Å²) in [6.45, 7) is 5.86. The van der Waals surface area contributed by atoms with Crippen LogP contribution >= 0.6 is 11.3 Å². The highest BCUT2D eigenvalue weighted by molar-refractivity contribution is 7.09. The number of nitrogens with one attached hydrogen (secondary N) is 2. The van der Waals surface area contributed by atoms with Crippen LogP contribution in [0.25, 0.3) is 11.3 Å². The molecule has 0 saturated carbocycles. The van der Waals surface area contributed by atoms with Gasteiger partial charge in [-0.25, -0.2) is 9.37 Å². The van der Waals surface area contributed by atoms with Gasteiger partial charge < -0.3 is 10.6 Å². The molecule has 172 valence electrons. The topological polar surface area (TPSA) is 77.6 Å². The van der Waals surface area contributed by atoms with Crippen molar-refractivity contribution < 1.29 is 14.0 Å². The molecule has 7 nitrogen and oxygen atoms in total. The van der Waals surface area contributed by atoms with Crippen LogP contribution in [0.2, 0.25) is 0 Å². The number of benzene rings is 2. The Morgan fingerprint density at radius 2 is 1.67 bits per heavy atom. The molecule has 0 aliphatic carbocycles. The Labute approximate surface area is 196 Å². The summed E-state index contributed by atoms with van der Waals surface area (Å²) in [6, 6.07) is 13.5. The Balaban J connectivity index is 1.23. The minimum Gasteiger partial charge on any atom is -0.326 e. The molecule has 0 unspecified atom stereocenters. The molecule has 1 saturated heterocycles. The number of thiazole rings is 1. The minimum absolute atomic E-state index is 0.0766. The summed E-state index contributed by atoms with van der Waals surface area (Å²) in [4.78, 5) is 32.8. The van der Waals surface area contributed by atoms with Crippen molar-refractivity contribution >= 4 is 34.5 Å². The second-order valence-electron chi connectivity index (χ2n) is 8.00. The van der Waals surface area contributed by atoms with Crippen molar-refractivity contribution in [1.82, 2.24) is 14.8 Å². The van der Waals surface area contributed by atoms with Gasteiger partial charge in [0.1, 0.15) is 10.8 Å². The van der Waals surface area contributed by atoms with Gasteiger partial charge in [0, 0.05) is 55.4 Å². The quantitative estimate of drug-likeness (QED) is 0.555. The van der Waals surface area contributed by atoms with E-state index in [0.717, 1.165) is 49.0 Å². The standard InChI is InChI=1S/C24H26FN5O2S/c1-17(31)26-20-3-2-4-21(13-20)27-23(32)14-29-9-11-30(12-10-29)15-24-28-22(16-33-24)18-5-7-19(25)8-6-18/h2-8,13,16H,9-12,14-15H2,1H3,(H,26,31)(H,27,32). The minimum atomic E-state index is -0.251. The van der Waals surface area contributed by atoms with Gasteiger partial charge in [-0.1, -0.05) is 6.07 Å². The third-order valence-corrected chi connectivity index (χ3v) is 6.18. The second kappa shape index (κ2) is 10.7. The fourth-order valence-corrected chi connectivity index (χ4v) is 4.56. The van der Waals surface area contributed by atoms with Crippen molar-refractivity contribution in [2.24, 2.45) is 0 Å². The highest BCUT2D eigenvalue weighted by Crippen LogP contribution is 2.23. The molecule has 1 aliphatic heterocycles. The van der Waals surface area contributed by atoms with Crippen molar-refractivity contribution in [1.29, 1.82) is 0 Å². The maximum absolute atomic E-state index is 13.1. The molecule has 33 heavy (non-hydrogen) atoms. The number of hydrogen-bond donors (Lipinski definition) is 2. The van der Waals surface area contributed by atoms with Crippen LogP contribution < -0.4 is 10.6 Å². The molecule has 3 aromatic rings. The van der Waals surface area contributed by atoms with Gasteiger partial charge in [0.15, 0.2) is 0 Å². The third kappa shape index (κ3) is 6.67. The molecule has 2 amide bonds. The number of carbonyl (C=O) groups is 2. The molecule has 0 radical (unpaired) electrons. The fraction of sp³-hybridized carbons (Fsp3) is 0.292. The first-order valence-corrected chi connectivity index (χ1v) is 11.6. The Hall–Kier alpha value is -3.14. The van der Waals surface area contributed by atoms with Gasteiger partial charge in [0.2, 0.25) is 11.8 Å². The van der Waals surface area contributed by atoms with Crippen molar-refractivity contribution in [2.75, 3.05) is 43.4 Å². The van der Waals surface area contributed by atoms with Crippen molar-refractivity contribution in [3.63, 3.8) is 0 Å². The number of halogens is 1. The molecular formula is C24H26FN5O2S. The van der Waals surface area contributed by atoms with E-state index in [1.807, 2.05) is 5.38 Å². The number of rotatable bonds is 7. The van der Waals surface area contributed by atoms with Crippen LogP contribution in [-0.4, -0.2) is 59.3 Å². The Morgan fingerprint density at radius 1 is 1.00 bits per heavy atom. The zero-order chi connectivity index (χ0) is 23.2. The first-order chi connectivity index (χ1) is 15.9. The fourth-order valence-electron chi connectivity index (χ4n) is 3.72. The van der Waals surface area contributed by atoms with Gasteiger partial charge >= 0.3 is 0 Å². The van der Waals surface area contributed by atoms with Gasteiger partial charge in [0.25, 0.3) is 0 Å². The van der Waals surface area contributed by atoms with Gasteiger partial charge in [-0.2, -0.15) is 0 Å². The lowest BCUT2D eigenvalue weighted by atomic mass is 10.2. The van der Waals surface area contributed by atoms with Crippen molar-refractivity contribution in [3.8, 4) is 11.3 Å². The maximum Gasteiger partial charge on any atom is 0.238 e. The van der Waals surface area contributed by atoms with E-state index in [1.54, 1.807) is 47.7 Å². The number of amides is 2. The molecule has 0 spiro atoms. The first kappa shape index (κ1) is 23.0. The van der Waals surface area contributed by atoms with Crippen LogP contribution in [0.3, 0.4) is 0 Å². The number of piperazine rings is 1. The van der Waals surface area contributed by atoms with E-state index in [4.69, 9.17) is 4.98 Å². The lowest BCUT2D eigenvalue weighted by Gasteiger charge is -2.33. The molecule has 1 fully saturated rings. The molecule has 1 aromatic heterocycles. The Morgan fingerprint density at radius 3 is 2.36 bits per heavy atom. The summed E-state index contributed by atoms with van der Waals surface area (Å²) in [5.41, 5.74) is 3.09. The number of aromatic nitrogens is 1. The summed E-state index contributed by atoms with van der Waals surface area (Å²) in [5.74, 6) is -0.479. The van der Waals surface area contributed by atoms with Crippen LogP contribution in [0.5, 0.6) is 0 Å². The number of carbonyl (C=O) groups excluding carboxylic acids is 2. The van der Waals surface area contributed by atoms with E-state index >= 15 is 0 Å². The van der Waals surface area contributed by atoms with Crippen molar-refractivity contribution in [3.05, 3.63) is 64.7 Å².